The topological polar surface area (TPSA) is 76.1 Å². The van der Waals surface area contributed by atoms with Crippen molar-refractivity contribution in [2.75, 3.05) is 20.3 Å². The third-order valence-electron chi connectivity index (χ3n) is 3.17. The Morgan fingerprint density at radius 3 is 2.80 bits per heavy atom. The summed E-state index contributed by atoms with van der Waals surface area (Å²) in [6, 6.07) is 3.65. The summed E-state index contributed by atoms with van der Waals surface area (Å²) in [5.74, 6) is -0.267. The molecule has 0 radical (unpaired) electrons. The van der Waals surface area contributed by atoms with Gasteiger partial charge in [0.2, 0.25) is 0 Å². The predicted octanol–water partition coefficient (Wildman–Crippen LogP) is 3.37. The van der Waals surface area contributed by atoms with Crippen LogP contribution in [-0.2, 0) is 9.59 Å². The number of carbonyl (C=O) groups is 2. The van der Waals surface area contributed by atoms with Gasteiger partial charge in [0, 0.05) is 0 Å². The van der Waals surface area contributed by atoms with E-state index >= 15 is 0 Å². The van der Waals surface area contributed by atoms with Crippen LogP contribution in [0.1, 0.15) is 18.9 Å². The predicted molar refractivity (Wildman–Crippen MR) is 109 cm³/mol. The summed E-state index contributed by atoms with van der Waals surface area (Å²) in [6.07, 6.45) is 2.56. The van der Waals surface area contributed by atoms with Crippen molar-refractivity contribution in [3.05, 3.63) is 26.2 Å². The molecule has 0 aromatic heterocycles. The van der Waals surface area contributed by atoms with Crippen LogP contribution in [0.3, 0.4) is 0 Å². The Hall–Kier alpha value is -1.33. The highest BCUT2D eigenvalue weighted by Crippen LogP contribution is 2.37. The minimum atomic E-state index is -1.11. The van der Waals surface area contributed by atoms with Crippen LogP contribution in [0.25, 0.3) is 6.08 Å². The molecule has 0 spiro atoms. The number of thiocarbonyl (C=S) groups is 1. The second-order valence-corrected chi connectivity index (χ2v) is 7.88. The first-order chi connectivity index (χ1) is 11.9. The smallest absolute Gasteiger partial charge is 0.323 e. The van der Waals surface area contributed by atoms with Crippen LogP contribution in [0.4, 0.5) is 0 Å². The number of benzene rings is 1. The summed E-state index contributed by atoms with van der Waals surface area (Å²) in [7, 11) is 1.56. The number of halogens is 1. The number of carboxylic acid groups (broad SMARTS) is 1. The second kappa shape index (κ2) is 8.86. The number of hydrogen-bond acceptors (Lipinski definition) is 6. The molecule has 2 rings (SSSR count). The number of amides is 1. The van der Waals surface area contributed by atoms with E-state index < -0.39 is 18.4 Å². The van der Waals surface area contributed by atoms with Gasteiger partial charge in [-0.3, -0.25) is 14.5 Å². The Morgan fingerprint density at radius 2 is 2.20 bits per heavy atom. The molecule has 1 N–H and O–H groups in total. The fourth-order valence-corrected chi connectivity index (χ4v) is 4.13. The minimum absolute atomic E-state index is 0.239. The second-order valence-electron chi connectivity index (χ2n) is 5.04. The van der Waals surface area contributed by atoms with Gasteiger partial charge in [0.1, 0.15) is 10.9 Å². The standard InChI is InChI=1S/C16H16INO5S2/c1-3-4-23-14-10(17)5-9(6-11(14)22-2)7-12-15(21)18(8-13(19)20)16(24)25-12/h5-7H,3-4,8H2,1-2H3,(H,19,20)/b12-7+. The molecule has 0 saturated carbocycles. The molecule has 25 heavy (non-hydrogen) atoms. The van der Waals surface area contributed by atoms with Crippen molar-refractivity contribution >= 4 is 68.8 Å². The van der Waals surface area contributed by atoms with Crippen LogP contribution in [-0.4, -0.2) is 46.5 Å². The van der Waals surface area contributed by atoms with Gasteiger partial charge in [0.25, 0.3) is 5.91 Å². The van der Waals surface area contributed by atoms with Crippen LogP contribution < -0.4 is 9.47 Å². The highest BCUT2D eigenvalue weighted by atomic mass is 127. The quantitative estimate of drug-likeness (QED) is 0.355. The highest BCUT2D eigenvalue weighted by Gasteiger charge is 2.33. The van der Waals surface area contributed by atoms with E-state index in [1.54, 1.807) is 19.3 Å². The Labute approximate surface area is 168 Å². The van der Waals surface area contributed by atoms with E-state index in [-0.39, 0.29) is 4.32 Å². The first-order valence-electron chi connectivity index (χ1n) is 7.34. The van der Waals surface area contributed by atoms with Crippen molar-refractivity contribution in [1.82, 2.24) is 4.90 Å². The number of nitrogens with zero attached hydrogens (tertiary/aromatic N) is 1. The number of carbonyl (C=O) groups excluding carboxylic acids is 1. The van der Waals surface area contributed by atoms with E-state index in [1.165, 1.54) is 0 Å². The van der Waals surface area contributed by atoms with E-state index in [2.05, 4.69) is 22.6 Å². The highest BCUT2D eigenvalue weighted by molar-refractivity contribution is 14.1. The maximum atomic E-state index is 12.3. The lowest BCUT2D eigenvalue weighted by atomic mass is 10.2. The molecule has 1 saturated heterocycles. The molecule has 134 valence electrons. The van der Waals surface area contributed by atoms with Gasteiger partial charge in [-0.25, -0.2) is 0 Å². The zero-order chi connectivity index (χ0) is 18.6. The van der Waals surface area contributed by atoms with Crippen molar-refractivity contribution in [1.29, 1.82) is 0 Å². The van der Waals surface area contributed by atoms with Crippen LogP contribution >= 0.6 is 46.6 Å². The lowest BCUT2D eigenvalue weighted by molar-refractivity contribution is -0.140. The fraction of sp³-hybridized carbons (Fsp3) is 0.312. The fourth-order valence-electron chi connectivity index (χ4n) is 2.09. The molecule has 0 atom stereocenters. The van der Waals surface area contributed by atoms with Gasteiger partial charge in [0.05, 0.1) is 22.2 Å². The number of carboxylic acids is 1. The van der Waals surface area contributed by atoms with E-state index in [9.17, 15) is 9.59 Å². The molecule has 1 aromatic rings. The first kappa shape index (κ1) is 20.0. The molecule has 0 unspecified atom stereocenters. The molecule has 9 heteroatoms. The average molecular weight is 493 g/mol. The summed E-state index contributed by atoms with van der Waals surface area (Å²) in [5.41, 5.74) is 0.751. The zero-order valence-electron chi connectivity index (χ0n) is 13.6. The number of ether oxygens (including phenoxy) is 2. The third-order valence-corrected chi connectivity index (χ3v) is 5.35. The Bertz CT molecular complexity index is 750. The van der Waals surface area contributed by atoms with Gasteiger partial charge in [-0.05, 0) is 52.8 Å². The van der Waals surface area contributed by atoms with Crippen molar-refractivity contribution in [2.45, 2.75) is 13.3 Å². The van der Waals surface area contributed by atoms with Crippen LogP contribution in [0, 0.1) is 3.57 Å². The zero-order valence-corrected chi connectivity index (χ0v) is 17.4. The Balaban J connectivity index is 2.32. The molecular weight excluding hydrogens is 477 g/mol. The summed E-state index contributed by atoms with van der Waals surface area (Å²) in [6.45, 7) is 2.17. The minimum Gasteiger partial charge on any atom is -0.493 e. The van der Waals surface area contributed by atoms with E-state index in [4.69, 9.17) is 26.8 Å². The van der Waals surface area contributed by atoms with Crippen molar-refractivity contribution in [3.8, 4) is 11.5 Å². The molecule has 6 nitrogen and oxygen atoms in total. The van der Waals surface area contributed by atoms with E-state index in [0.717, 1.165) is 32.2 Å². The number of hydrogen-bond donors (Lipinski definition) is 1. The third kappa shape index (κ3) is 4.85. The van der Waals surface area contributed by atoms with E-state index in [0.29, 0.717) is 23.0 Å². The lowest BCUT2D eigenvalue weighted by Gasteiger charge is -2.13. The molecule has 0 aliphatic carbocycles. The number of thioether (sulfide) groups is 1. The van der Waals surface area contributed by atoms with Gasteiger partial charge in [-0.2, -0.15) is 0 Å². The maximum absolute atomic E-state index is 12.3. The molecular formula is C16H16INO5S2. The summed E-state index contributed by atoms with van der Waals surface area (Å²) >= 11 is 8.33. The van der Waals surface area contributed by atoms with Gasteiger partial charge in [-0.15, -0.1) is 0 Å². The maximum Gasteiger partial charge on any atom is 0.323 e. The normalized spacial score (nSPS) is 15.8. The van der Waals surface area contributed by atoms with Gasteiger partial charge < -0.3 is 14.6 Å². The molecule has 1 aromatic carbocycles. The van der Waals surface area contributed by atoms with E-state index in [1.807, 2.05) is 13.0 Å². The molecule has 1 amide bonds. The van der Waals surface area contributed by atoms with Gasteiger partial charge in [0.15, 0.2) is 11.5 Å². The Kier molecular flexibility index (Phi) is 7.08. The summed E-state index contributed by atoms with van der Waals surface area (Å²) in [5, 5.41) is 8.88. The van der Waals surface area contributed by atoms with Crippen molar-refractivity contribution in [2.24, 2.45) is 0 Å². The number of aliphatic carboxylic acids is 1. The summed E-state index contributed by atoms with van der Waals surface area (Å²) in [4.78, 5) is 24.6. The Morgan fingerprint density at radius 1 is 1.48 bits per heavy atom. The average Bonchev–Trinajstić information content (AvgIpc) is 2.80. The van der Waals surface area contributed by atoms with Gasteiger partial charge >= 0.3 is 5.97 Å². The summed E-state index contributed by atoms with van der Waals surface area (Å²) < 4.78 is 12.2. The molecule has 1 aliphatic heterocycles. The van der Waals surface area contributed by atoms with Crippen molar-refractivity contribution < 1.29 is 24.2 Å². The molecule has 0 bridgehead atoms. The first-order valence-corrected chi connectivity index (χ1v) is 9.65. The lowest BCUT2D eigenvalue weighted by Crippen LogP contribution is -2.33. The molecule has 1 heterocycles. The monoisotopic (exact) mass is 493 g/mol. The molecule has 1 fully saturated rings. The molecule has 1 aliphatic rings. The van der Waals surface area contributed by atoms with Crippen molar-refractivity contribution in [3.63, 3.8) is 0 Å². The number of rotatable bonds is 7. The van der Waals surface area contributed by atoms with Crippen LogP contribution in [0.5, 0.6) is 11.5 Å². The largest absolute Gasteiger partial charge is 0.493 e. The van der Waals surface area contributed by atoms with Crippen LogP contribution in [0.15, 0.2) is 17.0 Å². The SMILES string of the molecule is CCCOc1c(I)cc(/C=C2/SC(=S)N(CC(=O)O)C2=O)cc1OC. The van der Waals surface area contributed by atoms with Gasteiger partial charge in [-0.1, -0.05) is 30.9 Å². The van der Waals surface area contributed by atoms with Crippen LogP contribution in [0.2, 0.25) is 0 Å². The number of methoxy groups -OCH3 is 1.